The number of amides is 1. The molecule has 0 unspecified atom stereocenters. The van der Waals surface area contributed by atoms with Gasteiger partial charge in [-0.25, -0.2) is 4.98 Å². The lowest BCUT2D eigenvalue weighted by atomic mass is 10.2. The Morgan fingerprint density at radius 2 is 2.44 bits per heavy atom. The first kappa shape index (κ1) is 15.6. The van der Waals surface area contributed by atoms with Crippen LogP contribution in [0, 0.1) is 0 Å². The molecule has 16 heavy (non-hydrogen) atoms. The van der Waals surface area contributed by atoms with E-state index in [0.29, 0.717) is 6.54 Å². The predicted octanol–water partition coefficient (Wildman–Crippen LogP) is 1.35. The average molecular weight is 284 g/mol. The molecule has 1 fully saturated rings. The zero-order chi connectivity index (χ0) is 9.80. The molecule has 0 aromatic carbocycles. The van der Waals surface area contributed by atoms with E-state index in [0.717, 1.165) is 25.1 Å². The number of rotatable bonds is 3. The van der Waals surface area contributed by atoms with Gasteiger partial charge in [0.1, 0.15) is 0 Å². The van der Waals surface area contributed by atoms with Gasteiger partial charge in [-0.1, -0.05) is 0 Å². The summed E-state index contributed by atoms with van der Waals surface area (Å²) in [5.41, 5.74) is 2.70. The number of carbonyl (C=O) groups is 1. The van der Waals surface area contributed by atoms with Crippen molar-refractivity contribution < 1.29 is 4.79 Å². The third kappa shape index (κ3) is 4.25. The highest BCUT2D eigenvalue weighted by Crippen LogP contribution is 2.05. The molecule has 92 valence electrons. The first-order chi connectivity index (χ1) is 6.86. The standard InChI is InChI=1S/C9H13N3OS.2ClH/c13-9(8-2-1-3-10-8)11-4-7-5-14-6-12-7;;/h5-6,8,10H,1-4H2,(H,11,13);2*1H/t8-;;/m0../s1. The summed E-state index contributed by atoms with van der Waals surface area (Å²) in [6, 6.07) is 0.00800. The zero-order valence-electron chi connectivity index (χ0n) is 8.64. The van der Waals surface area contributed by atoms with Crippen molar-refractivity contribution in [2.45, 2.75) is 25.4 Å². The third-order valence-corrected chi connectivity index (χ3v) is 2.94. The summed E-state index contributed by atoms with van der Waals surface area (Å²) in [7, 11) is 0. The Kier molecular flexibility index (Phi) is 7.66. The number of hydrogen-bond donors (Lipinski definition) is 2. The predicted molar refractivity (Wildman–Crippen MR) is 69.5 cm³/mol. The quantitative estimate of drug-likeness (QED) is 0.881. The van der Waals surface area contributed by atoms with E-state index in [2.05, 4.69) is 15.6 Å². The molecule has 0 radical (unpaired) electrons. The van der Waals surface area contributed by atoms with Crippen molar-refractivity contribution in [1.29, 1.82) is 0 Å². The minimum Gasteiger partial charge on any atom is -0.349 e. The van der Waals surface area contributed by atoms with Gasteiger partial charge in [0.05, 0.1) is 23.8 Å². The Labute approximate surface area is 111 Å². The summed E-state index contributed by atoms with van der Waals surface area (Å²) >= 11 is 1.55. The second-order valence-electron chi connectivity index (χ2n) is 3.35. The molecule has 4 nitrogen and oxygen atoms in total. The molecule has 1 aromatic heterocycles. The lowest BCUT2D eigenvalue weighted by molar-refractivity contribution is -0.122. The smallest absolute Gasteiger partial charge is 0.237 e. The Balaban J connectivity index is 0.00000112. The lowest BCUT2D eigenvalue weighted by Gasteiger charge is -2.09. The molecular formula is C9H15Cl2N3OS. The van der Waals surface area contributed by atoms with Crippen molar-refractivity contribution >= 4 is 42.1 Å². The largest absolute Gasteiger partial charge is 0.349 e. The molecule has 0 saturated carbocycles. The Morgan fingerprint density at radius 3 is 3.00 bits per heavy atom. The second-order valence-corrected chi connectivity index (χ2v) is 4.07. The Hall–Kier alpha value is -0.360. The molecule has 1 aliphatic heterocycles. The SMILES string of the molecule is Cl.Cl.O=C(NCc1cscn1)[C@@H]1CCCN1. The van der Waals surface area contributed by atoms with Crippen LogP contribution < -0.4 is 10.6 Å². The van der Waals surface area contributed by atoms with E-state index in [1.165, 1.54) is 0 Å². The maximum atomic E-state index is 11.5. The van der Waals surface area contributed by atoms with Gasteiger partial charge in [-0.2, -0.15) is 0 Å². The number of nitrogens with zero attached hydrogens (tertiary/aromatic N) is 1. The molecule has 2 heterocycles. The number of hydrogen-bond acceptors (Lipinski definition) is 4. The van der Waals surface area contributed by atoms with Gasteiger partial charge in [0.25, 0.3) is 0 Å². The molecule has 1 saturated heterocycles. The van der Waals surface area contributed by atoms with Crippen LogP contribution in [0.1, 0.15) is 18.5 Å². The van der Waals surface area contributed by atoms with Gasteiger partial charge in [0, 0.05) is 5.38 Å². The van der Waals surface area contributed by atoms with Crippen molar-refractivity contribution in [2.24, 2.45) is 0 Å². The van der Waals surface area contributed by atoms with Crippen LogP contribution >= 0.6 is 36.2 Å². The van der Waals surface area contributed by atoms with Crippen LogP contribution in [0.2, 0.25) is 0 Å². The monoisotopic (exact) mass is 283 g/mol. The Bertz CT molecular complexity index is 302. The van der Waals surface area contributed by atoms with Gasteiger partial charge in [0.15, 0.2) is 0 Å². The average Bonchev–Trinajstić information content (AvgIpc) is 2.87. The zero-order valence-corrected chi connectivity index (χ0v) is 11.1. The Morgan fingerprint density at radius 1 is 1.62 bits per heavy atom. The van der Waals surface area contributed by atoms with Gasteiger partial charge < -0.3 is 10.6 Å². The van der Waals surface area contributed by atoms with E-state index >= 15 is 0 Å². The first-order valence-corrected chi connectivity index (χ1v) is 5.69. The van der Waals surface area contributed by atoms with Crippen LogP contribution in [0.25, 0.3) is 0 Å². The van der Waals surface area contributed by atoms with Crippen LogP contribution in [0.15, 0.2) is 10.9 Å². The van der Waals surface area contributed by atoms with Crippen LogP contribution in [0.3, 0.4) is 0 Å². The normalized spacial score (nSPS) is 18.4. The molecule has 2 N–H and O–H groups in total. The molecule has 7 heteroatoms. The summed E-state index contributed by atoms with van der Waals surface area (Å²) < 4.78 is 0. The highest BCUT2D eigenvalue weighted by atomic mass is 35.5. The summed E-state index contributed by atoms with van der Waals surface area (Å²) in [6.45, 7) is 1.50. The van der Waals surface area contributed by atoms with E-state index in [4.69, 9.17) is 0 Å². The van der Waals surface area contributed by atoms with Gasteiger partial charge >= 0.3 is 0 Å². The molecular weight excluding hydrogens is 269 g/mol. The third-order valence-electron chi connectivity index (χ3n) is 2.30. The second kappa shape index (κ2) is 7.84. The fraction of sp³-hybridized carbons (Fsp3) is 0.556. The number of nitrogens with one attached hydrogen (secondary N) is 2. The van der Waals surface area contributed by atoms with Crippen molar-refractivity contribution in [2.75, 3.05) is 6.54 Å². The van der Waals surface area contributed by atoms with Crippen molar-refractivity contribution in [3.8, 4) is 0 Å². The van der Waals surface area contributed by atoms with E-state index in [1.807, 2.05) is 5.38 Å². The van der Waals surface area contributed by atoms with Crippen LogP contribution in [-0.2, 0) is 11.3 Å². The van der Waals surface area contributed by atoms with E-state index in [-0.39, 0.29) is 36.8 Å². The number of thiazole rings is 1. The van der Waals surface area contributed by atoms with Crippen molar-refractivity contribution in [3.05, 3.63) is 16.6 Å². The minimum absolute atomic E-state index is 0. The van der Waals surface area contributed by atoms with Gasteiger partial charge in [-0.05, 0) is 19.4 Å². The molecule has 0 aliphatic carbocycles. The molecule has 1 aliphatic rings. The molecule has 2 rings (SSSR count). The van der Waals surface area contributed by atoms with Gasteiger partial charge in [-0.3, -0.25) is 4.79 Å². The topological polar surface area (TPSA) is 54.0 Å². The molecule has 1 atom stereocenters. The summed E-state index contributed by atoms with van der Waals surface area (Å²) in [5.74, 6) is 0.0931. The molecule has 1 amide bonds. The van der Waals surface area contributed by atoms with E-state index < -0.39 is 0 Å². The lowest BCUT2D eigenvalue weighted by Crippen LogP contribution is -2.40. The summed E-state index contributed by atoms with van der Waals surface area (Å²) in [6.07, 6.45) is 2.04. The van der Waals surface area contributed by atoms with Gasteiger partial charge in [0.2, 0.25) is 5.91 Å². The number of halogens is 2. The fourth-order valence-corrected chi connectivity index (χ4v) is 2.09. The maximum Gasteiger partial charge on any atom is 0.237 e. The highest BCUT2D eigenvalue weighted by molar-refractivity contribution is 7.07. The van der Waals surface area contributed by atoms with Crippen molar-refractivity contribution in [3.63, 3.8) is 0 Å². The van der Waals surface area contributed by atoms with E-state index in [9.17, 15) is 4.79 Å². The highest BCUT2D eigenvalue weighted by Gasteiger charge is 2.21. The van der Waals surface area contributed by atoms with Crippen LogP contribution in [-0.4, -0.2) is 23.5 Å². The van der Waals surface area contributed by atoms with Crippen molar-refractivity contribution in [1.82, 2.24) is 15.6 Å². The fourth-order valence-electron chi connectivity index (χ4n) is 1.53. The van der Waals surface area contributed by atoms with Crippen LogP contribution in [0.5, 0.6) is 0 Å². The number of carbonyl (C=O) groups excluding carboxylic acids is 1. The van der Waals surface area contributed by atoms with Gasteiger partial charge in [-0.15, -0.1) is 36.2 Å². The number of aromatic nitrogens is 1. The maximum absolute atomic E-state index is 11.5. The summed E-state index contributed by atoms with van der Waals surface area (Å²) in [5, 5.41) is 7.97. The molecule has 1 aromatic rings. The molecule has 0 spiro atoms. The summed E-state index contributed by atoms with van der Waals surface area (Å²) in [4.78, 5) is 15.6. The minimum atomic E-state index is 0. The first-order valence-electron chi connectivity index (χ1n) is 4.74. The van der Waals surface area contributed by atoms with E-state index in [1.54, 1.807) is 16.8 Å². The van der Waals surface area contributed by atoms with Crippen LogP contribution in [0.4, 0.5) is 0 Å². The molecule has 0 bridgehead atoms.